The number of nitrogens with zero attached hydrogens (tertiary/aromatic N) is 2. The number of benzene rings is 2. The third-order valence-corrected chi connectivity index (χ3v) is 3.33. The van der Waals surface area contributed by atoms with Gasteiger partial charge in [-0.1, -0.05) is 6.07 Å². The van der Waals surface area contributed by atoms with Gasteiger partial charge < -0.3 is 9.84 Å². The smallest absolute Gasteiger partial charge is 0.335 e. The van der Waals surface area contributed by atoms with Gasteiger partial charge in [0.25, 0.3) is 0 Å². The molecule has 5 nitrogen and oxygen atoms in total. The molecule has 3 rings (SSSR count). The molecule has 0 saturated heterocycles. The lowest BCUT2D eigenvalue weighted by atomic mass is 10.1. The van der Waals surface area contributed by atoms with E-state index in [9.17, 15) is 4.79 Å². The first-order chi connectivity index (χ1) is 10.7. The number of hydrogen-bond donors (Lipinski definition) is 1. The van der Waals surface area contributed by atoms with Crippen LogP contribution in [0.15, 0.2) is 60.8 Å². The van der Waals surface area contributed by atoms with E-state index in [0.29, 0.717) is 5.69 Å². The molecule has 0 fully saturated rings. The Morgan fingerprint density at radius 3 is 2.59 bits per heavy atom. The highest BCUT2D eigenvalue weighted by molar-refractivity contribution is 5.88. The summed E-state index contributed by atoms with van der Waals surface area (Å²) >= 11 is 0. The van der Waals surface area contributed by atoms with Gasteiger partial charge in [0, 0.05) is 11.8 Å². The third-order valence-electron chi connectivity index (χ3n) is 3.33. The molecule has 0 amide bonds. The molecule has 0 radical (unpaired) electrons. The minimum atomic E-state index is -0.954. The average molecular weight is 294 g/mol. The summed E-state index contributed by atoms with van der Waals surface area (Å²) in [5.74, 6) is -0.165. The Bertz CT molecular complexity index is 807. The molecule has 2 aromatic carbocycles. The monoisotopic (exact) mass is 294 g/mol. The molecule has 1 aromatic heterocycles. The topological polar surface area (TPSA) is 64.3 Å². The zero-order chi connectivity index (χ0) is 15.5. The van der Waals surface area contributed by atoms with Crippen molar-refractivity contribution in [2.75, 3.05) is 7.11 Å². The van der Waals surface area contributed by atoms with E-state index in [1.165, 1.54) is 0 Å². The first kappa shape index (κ1) is 13.9. The van der Waals surface area contributed by atoms with Crippen molar-refractivity contribution in [2.45, 2.75) is 0 Å². The van der Waals surface area contributed by atoms with Crippen LogP contribution in [0.1, 0.15) is 10.4 Å². The van der Waals surface area contributed by atoms with Crippen molar-refractivity contribution in [2.24, 2.45) is 0 Å². The second-order valence-corrected chi connectivity index (χ2v) is 4.73. The molecular formula is C17H14N2O3. The highest BCUT2D eigenvalue weighted by Crippen LogP contribution is 2.21. The molecule has 0 aliphatic carbocycles. The Balaban J connectivity index is 1.93. The number of carbonyl (C=O) groups is 1. The molecule has 0 aliphatic rings. The van der Waals surface area contributed by atoms with Gasteiger partial charge in [0.15, 0.2) is 0 Å². The van der Waals surface area contributed by atoms with E-state index < -0.39 is 5.97 Å². The van der Waals surface area contributed by atoms with Crippen LogP contribution in [0, 0.1) is 0 Å². The van der Waals surface area contributed by atoms with Crippen LogP contribution >= 0.6 is 0 Å². The van der Waals surface area contributed by atoms with E-state index in [4.69, 9.17) is 9.84 Å². The number of carboxylic acid groups (broad SMARTS) is 1. The van der Waals surface area contributed by atoms with Gasteiger partial charge in [-0.2, -0.15) is 5.10 Å². The highest BCUT2D eigenvalue weighted by Gasteiger charge is 2.07. The van der Waals surface area contributed by atoms with Crippen molar-refractivity contribution in [3.05, 3.63) is 66.4 Å². The van der Waals surface area contributed by atoms with Crippen molar-refractivity contribution >= 4 is 5.97 Å². The zero-order valence-electron chi connectivity index (χ0n) is 11.9. The molecule has 1 N–H and O–H groups in total. The van der Waals surface area contributed by atoms with E-state index in [1.54, 1.807) is 36.2 Å². The van der Waals surface area contributed by atoms with Crippen molar-refractivity contribution in [3.8, 4) is 22.7 Å². The van der Waals surface area contributed by atoms with E-state index in [2.05, 4.69) is 5.10 Å². The van der Waals surface area contributed by atoms with Crippen LogP contribution in [-0.4, -0.2) is 28.0 Å². The van der Waals surface area contributed by atoms with Gasteiger partial charge >= 0.3 is 5.97 Å². The Morgan fingerprint density at radius 2 is 1.91 bits per heavy atom. The van der Waals surface area contributed by atoms with Gasteiger partial charge in [-0.15, -0.1) is 0 Å². The highest BCUT2D eigenvalue weighted by atomic mass is 16.5. The second kappa shape index (κ2) is 5.73. The summed E-state index contributed by atoms with van der Waals surface area (Å²) < 4.78 is 6.79. The van der Waals surface area contributed by atoms with Crippen LogP contribution in [0.2, 0.25) is 0 Å². The van der Waals surface area contributed by atoms with E-state index in [-0.39, 0.29) is 5.56 Å². The minimum absolute atomic E-state index is 0.235. The van der Waals surface area contributed by atoms with Crippen molar-refractivity contribution in [1.82, 2.24) is 9.78 Å². The van der Waals surface area contributed by atoms with Crippen LogP contribution in [0.4, 0.5) is 0 Å². The van der Waals surface area contributed by atoms with Crippen LogP contribution in [0.25, 0.3) is 16.9 Å². The first-order valence-electron chi connectivity index (χ1n) is 6.71. The van der Waals surface area contributed by atoms with Crippen LogP contribution in [-0.2, 0) is 0 Å². The molecule has 5 heteroatoms. The molecular weight excluding hydrogens is 280 g/mol. The normalized spacial score (nSPS) is 10.4. The molecule has 1 heterocycles. The fourth-order valence-electron chi connectivity index (χ4n) is 2.16. The van der Waals surface area contributed by atoms with E-state index in [1.807, 2.05) is 36.4 Å². The third kappa shape index (κ3) is 2.69. The molecule has 0 aliphatic heterocycles. The second-order valence-electron chi connectivity index (χ2n) is 4.73. The quantitative estimate of drug-likeness (QED) is 0.802. The molecule has 0 saturated carbocycles. The summed E-state index contributed by atoms with van der Waals surface area (Å²) in [5.41, 5.74) is 2.72. The number of ether oxygens (including phenoxy) is 1. The lowest BCUT2D eigenvalue weighted by molar-refractivity contribution is 0.0697. The molecule has 0 unspecified atom stereocenters. The number of hydrogen-bond acceptors (Lipinski definition) is 3. The van der Waals surface area contributed by atoms with Gasteiger partial charge in [-0.3, -0.25) is 0 Å². The Kier molecular flexibility index (Phi) is 3.62. The predicted octanol–water partition coefficient (Wildman–Crippen LogP) is 3.25. The average Bonchev–Trinajstić information content (AvgIpc) is 3.05. The van der Waals surface area contributed by atoms with Crippen LogP contribution in [0.5, 0.6) is 5.75 Å². The molecule has 110 valence electrons. The van der Waals surface area contributed by atoms with Crippen molar-refractivity contribution in [3.63, 3.8) is 0 Å². The predicted molar refractivity (Wildman–Crippen MR) is 82.5 cm³/mol. The summed E-state index contributed by atoms with van der Waals surface area (Å²) in [7, 11) is 1.62. The molecule has 0 atom stereocenters. The Labute approximate surface area is 127 Å². The van der Waals surface area contributed by atoms with E-state index in [0.717, 1.165) is 17.0 Å². The van der Waals surface area contributed by atoms with Crippen molar-refractivity contribution < 1.29 is 14.6 Å². The van der Waals surface area contributed by atoms with Gasteiger partial charge in [0.05, 0.1) is 24.1 Å². The summed E-state index contributed by atoms with van der Waals surface area (Å²) in [5, 5.41) is 13.5. The zero-order valence-corrected chi connectivity index (χ0v) is 11.9. The van der Waals surface area contributed by atoms with E-state index >= 15 is 0 Å². The summed E-state index contributed by atoms with van der Waals surface area (Å²) in [4.78, 5) is 11.0. The number of aromatic nitrogens is 2. The minimum Gasteiger partial charge on any atom is -0.497 e. The van der Waals surface area contributed by atoms with Crippen LogP contribution < -0.4 is 4.74 Å². The lowest BCUT2D eigenvalue weighted by Gasteiger charge is -2.03. The van der Waals surface area contributed by atoms with Crippen molar-refractivity contribution in [1.29, 1.82) is 0 Å². The Hall–Kier alpha value is -3.08. The fraction of sp³-hybridized carbons (Fsp3) is 0.0588. The van der Waals surface area contributed by atoms with Gasteiger partial charge in [0.1, 0.15) is 5.75 Å². The maximum Gasteiger partial charge on any atom is 0.335 e. The maximum atomic E-state index is 11.0. The fourth-order valence-corrected chi connectivity index (χ4v) is 2.16. The maximum absolute atomic E-state index is 11.0. The standard InChI is InChI=1S/C17H14N2O3/c1-22-15-7-5-12(6-8-15)16-9-10-19(18-16)14-4-2-3-13(11-14)17(20)21/h2-11H,1H3,(H,20,21). The van der Waals surface area contributed by atoms with Crippen LogP contribution in [0.3, 0.4) is 0 Å². The number of rotatable bonds is 4. The van der Waals surface area contributed by atoms with Gasteiger partial charge in [0.2, 0.25) is 0 Å². The largest absolute Gasteiger partial charge is 0.497 e. The number of aromatic carboxylic acids is 1. The summed E-state index contributed by atoms with van der Waals surface area (Å²) in [6.07, 6.45) is 1.81. The number of methoxy groups -OCH3 is 1. The van der Waals surface area contributed by atoms with Gasteiger partial charge in [-0.05, 0) is 48.5 Å². The lowest BCUT2D eigenvalue weighted by Crippen LogP contribution is -2.00. The molecule has 0 spiro atoms. The Morgan fingerprint density at radius 1 is 1.14 bits per heavy atom. The first-order valence-corrected chi connectivity index (χ1v) is 6.71. The number of carboxylic acids is 1. The molecule has 22 heavy (non-hydrogen) atoms. The summed E-state index contributed by atoms with van der Waals surface area (Å²) in [6.45, 7) is 0. The molecule has 0 bridgehead atoms. The van der Waals surface area contributed by atoms with Gasteiger partial charge in [-0.25, -0.2) is 9.48 Å². The molecule has 3 aromatic rings. The summed E-state index contributed by atoms with van der Waals surface area (Å²) in [6, 6.07) is 16.2. The SMILES string of the molecule is COc1ccc(-c2ccn(-c3cccc(C(=O)O)c3)n2)cc1.